The maximum Gasteiger partial charge on any atom is 4.00 e. The Labute approximate surface area is 357 Å². The zero-order chi connectivity index (χ0) is 41.0. The molecule has 59 heavy (non-hydrogen) atoms. The van der Waals surface area contributed by atoms with Gasteiger partial charge in [-0.25, -0.2) is 19.9 Å². The molecule has 2 aliphatic heterocycles. The van der Waals surface area contributed by atoms with E-state index in [1.54, 1.807) is 43.0 Å². The molecule has 13 heteroatoms. The number of hydrogen-bond acceptors (Lipinski definition) is 8. The summed E-state index contributed by atoms with van der Waals surface area (Å²) in [6.07, 6.45) is 2.60. The standard InChI is InChI=1S/C33H37N8.C13H7F3N.Pt/c1-20(2)23-15-27(21(3)4)29(28(16-23)22(5)6)24-13-25(40-18-38(7)30-32(40)36-11-9-34-30)17-26(14-24)41-19-39(8)31-33(41)37-12-10-35-31;14-13(15,16)8-5-6-12-10(7-8)9-3-1-2-4-11(9)17-12;/h9-16,18-22H,1-8H3;1-7H;/q-3;-1;+4. The fourth-order valence-electron chi connectivity index (χ4n) is 7.59. The van der Waals surface area contributed by atoms with Gasteiger partial charge in [0, 0.05) is 24.8 Å². The van der Waals surface area contributed by atoms with E-state index in [2.05, 4.69) is 107 Å². The SMILES string of the molecule is CC(C)c1cc(C(C)C)c(-c2cc(N3[CH-]N(C)c4nccnc43)[c-]c(N3[CH-]N(C)c4nccnc43)c2)c(C(C)C)c1.FC(F)(F)c1ccc2[n-]c3ccccc3c2c1.[Pt+4]. The molecule has 0 N–H and O–H groups in total. The third kappa shape index (κ3) is 7.87. The fraction of sp³-hybridized carbons (Fsp3) is 0.261. The summed E-state index contributed by atoms with van der Waals surface area (Å²) in [6.45, 7) is 17.7. The molecule has 0 aliphatic carbocycles. The van der Waals surface area contributed by atoms with Gasteiger partial charge in [-0.1, -0.05) is 90.1 Å². The third-order valence-corrected chi connectivity index (χ3v) is 10.6. The molecule has 0 saturated carbocycles. The van der Waals surface area contributed by atoms with Gasteiger partial charge in [-0.3, -0.25) is 0 Å². The van der Waals surface area contributed by atoms with Gasteiger partial charge in [-0.05, 0) is 70.9 Å². The van der Waals surface area contributed by atoms with E-state index in [0.29, 0.717) is 28.7 Å². The van der Waals surface area contributed by atoms with Crippen molar-refractivity contribution in [2.45, 2.75) is 65.5 Å². The molecule has 0 fully saturated rings. The van der Waals surface area contributed by atoms with Crippen LogP contribution in [0.4, 0.5) is 47.8 Å². The Morgan fingerprint density at radius 1 is 0.610 bits per heavy atom. The van der Waals surface area contributed by atoms with Crippen molar-refractivity contribution in [3.8, 4) is 11.1 Å². The monoisotopic (exact) mass is 974 g/mol. The third-order valence-electron chi connectivity index (χ3n) is 10.6. The minimum Gasteiger partial charge on any atom is -0.657 e. The van der Waals surface area contributed by atoms with Crippen molar-refractivity contribution in [1.29, 1.82) is 0 Å². The quantitative estimate of drug-likeness (QED) is 0.151. The molecule has 5 heterocycles. The predicted molar refractivity (Wildman–Crippen MR) is 227 cm³/mol. The molecule has 0 saturated heterocycles. The number of hydrogen-bond donors (Lipinski definition) is 0. The van der Waals surface area contributed by atoms with Crippen molar-refractivity contribution >= 4 is 56.5 Å². The number of nitrogens with zero attached hydrogens (tertiary/aromatic N) is 9. The van der Waals surface area contributed by atoms with Crippen LogP contribution in [0.3, 0.4) is 0 Å². The number of benzene rings is 4. The van der Waals surface area contributed by atoms with Gasteiger partial charge in [0.25, 0.3) is 0 Å². The van der Waals surface area contributed by atoms with Gasteiger partial charge in [0.2, 0.25) is 0 Å². The Hall–Kier alpha value is -5.48. The number of para-hydroxylation sites is 1. The Balaban J connectivity index is 0.000000244. The second-order valence-electron chi connectivity index (χ2n) is 15.6. The Kier molecular flexibility index (Phi) is 11.5. The first kappa shape index (κ1) is 41.7. The number of rotatable bonds is 6. The summed E-state index contributed by atoms with van der Waals surface area (Å²) in [5.74, 6) is 4.32. The Morgan fingerprint density at radius 2 is 1.10 bits per heavy atom. The van der Waals surface area contributed by atoms with Gasteiger partial charge < -0.3 is 24.6 Å². The van der Waals surface area contributed by atoms with Crippen molar-refractivity contribution < 1.29 is 34.2 Å². The van der Waals surface area contributed by atoms with Crippen LogP contribution in [0, 0.1) is 19.4 Å². The van der Waals surface area contributed by atoms with Crippen molar-refractivity contribution in [2.24, 2.45) is 0 Å². The van der Waals surface area contributed by atoms with Crippen LogP contribution < -0.4 is 24.6 Å². The van der Waals surface area contributed by atoms with Gasteiger partial charge in [0.1, 0.15) is 23.3 Å². The molecule has 0 amide bonds. The van der Waals surface area contributed by atoms with Gasteiger partial charge in [-0.2, -0.15) is 13.2 Å². The zero-order valence-electron chi connectivity index (χ0n) is 34.0. The summed E-state index contributed by atoms with van der Waals surface area (Å²) in [5.41, 5.74) is 8.96. The number of halogens is 3. The second-order valence-corrected chi connectivity index (χ2v) is 15.6. The minimum absolute atomic E-state index is 0. The van der Waals surface area contributed by atoms with Crippen molar-refractivity contribution in [3.63, 3.8) is 0 Å². The predicted octanol–water partition coefficient (Wildman–Crippen LogP) is 11.5. The summed E-state index contributed by atoms with van der Waals surface area (Å²) in [5, 5.41) is 1.31. The van der Waals surface area contributed by atoms with E-state index in [1.807, 2.05) is 43.3 Å². The Bertz CT molecular complexity index is 2530. The van der Waals surface area contributed by atoms with Gasteiger partial charge >= 0.3 is 27.2 Å². The average Bonchev–Trinajstić information content (AvgIpc) is 3.87. The first-order valence-electron chi connectivity index (χ1n) is 19.3. The first-order valence-corrected chi connectivity index (χ1v) is 19.3. The number of fused-ring (bicyclic) bond motifs is 5. The van der Waals surface area contributed by atoms with Crippen LogP contribution in [0.5, 0.6) is 0 Å². The van der Waals surface area contributed by atoms with E-state index < -0.39 is 11.7 Å². The van der Waals surface area contributed by atoms with Crippen molar-refractivity contribution in [3.05, 3.63) is 133 Å². The molecule has 304 valence electrons. The van der Waals surface area contributed by atoms with Crippen LogP contribution in [0.25, 0.3) is 32.9 Å². The normalized spacial score (nSPS) is 13.7. The van der Waals surface area contributed by atoms with Crippen LogP contribution in [0.1, 0.15) is 81.5 Å². The number of alkyl halides is 3. The molecule has 0 radical (unpaired) electrons. The van der Waals surface area contributed by atoms with Gasteiger partial charge in [-0.15, -0.1) is 59.5 Å². The average molecular weight is 975 g/mol. The van der Waals surface area contributed by atoms with E-state index in [-0.39, 0.29) is 21.1 Å². The van der Waals surface area contributed by atoms with Crippen molar-refractivity contribution in [1.82, 2.24) is 24.9 Å². The molecule has 7 aromatic rings. The molecule has 9 nitrogen and oxygen atoms in total. The van der Waals surface area contributed by atoms with Gasteiger partial charge in [0.05, 0.1) is 5.56 Å². The van der Waals surface area contributed by atoms with Crippen LogP contribution in [0.15, 0.2) is 91.5 Å². The fourth-order valence-corrected chi connectivity index (χ4v) is 7.59. The van der Waals surface area contributed by atoms with E-state index in [4.69, 9.17) is 0 Å². The molecule has 0 unspecified atom stereocenters. The molecule has 0 atom stereocenters. The maximum absolute atomic E-state index is 12.6. The van der Waals surface area contributed by atoms with E-state index >= 15 is 0 Å². The second kappa shape index (κ2) is 16.3. The zero-order valence-corrected chi connectivity index (χ0v) is 36.3. The molecule has 2 aliphatic rings. The molecule has 4 aromatic carbocycles. The largest absolute Gasteiger partial charge is 4.00 e. The van der Waals surface area contributed by atoms with E-state index in [1.165, 1.54) is 28.3 Å². The van der Waals surface area contributed by atoms with Crippen LogP contribution >= 0.6 is 0 Å². The van der Waals surface area contributed by atoms with Crippen LogP contribution in [-0.2, 0) is 27.2 Å². The summed E-state index contributed by atoms with van der Waals surface area (Å²) >= 11 is 0. The van der Waals surface area contributed by atoms with E-state index in [9.17, 15) is 13.2 Å². The summed E-state index contributed by atoms with van der Waals surface area (Å²) < 4.78 is 37.8. The number of anilines is 6. The van der Waals surface area contributed by atoms with E-state index in [0.717, 1.165) is 63.2 Å². The molecular weight excluding hydrogens is 931 g/mol. The Morgan fingerprint density at radius 3 is 1.59 bits per heavy atom. The topological polar surface area (TPSA) is 78.6 Å². The summed E-state index contributed by atoms with van der Waals surface area (Å²) in [7, 11) is 3.98. The van der Waals surface area contributed by atoms with Crippen LogP contribution in [-0.4, -0.2) is 34.0 Å². The molecule has 0 spiro atoms. The molecular formula is C46H44F3N9Pt. The van der Waals surface area contributed by atoms with Gasteiger partial charge in [0.15, 0.2) is 0 Å². The first-order chi connectivity index (χ1) is 27.7. The molecule has 9 rings (SSSR count). The molecule has 0 bridgehead atoms. The minimum atomic E-state index is -4.31. The van der Waals surface area contributed by atoms with Crippen molar-refractivity contribution in [2.75, 3.05) is 33.7 Å². The summed E-state index contributed by atoms with van der Waals surface area (Å²) in [4.78, 5) is 30.9. The molecule has 3 aromatic heterocycles. The maximum atomic E-state index is 12.6. The van der Waals surface area contributed by atoms with Crippen LogP contribution in [0.2, 0.25) is 0 Å². The summed E-state index contributed by atoms with van der Waals surface area (Å²) in [6, 6.07) is 23.8. The number of aromatic nitrogens is 5. The smallest absolute Gasteiger partial charge is 0.657 e.